The Bertz CT molecular complexity index is 1820. The molecule has 0 fully saturated rings. The molecule has 4 aromatic carbocycles. The van der Waals surface area contributed by atoms with Gasteiger partial charge in [-0.2, -0.15) is 13.2 Å². The molecule has 12 heteroatoms. The number of nitrogens with zero attached hydrogens (tertiary/aromatic N) is 2. The molecule has 0 aromatic heterocycles. The van der Waals surface area contributed by atoms with E-state index in [0.717, 1.165) is 23.3 Å². The van der Waals surface area contributed by atoms with Gasteiger partial charge in [-0.15, -0.1) is 0 Å². The van der Waals surface area contributed by atoms with Gasteiger partial charge in [0.1, 0.15) is 12.6 Å². The van der Waals surface area contributed by atoms with Crippen molar-refractivity contribution in [1.29, 1.82) is 0 Å². The fourth-order valence-corrected chi connectivity index (χ4v) is 6.83. The van der Waals surface area contributed by atoms with Crippen molar-refractivity contribution >= 4 is 39.1 Å². The van der Waals surface area contributed by atoms with E-state index in [9.17, 15) is 31.2 Å². The first-order valence-electron chi connectivity index (χ1n) is 15.3. The van der Waals surface area contributed by atoms with Crippen LogP contribution in [0.3, 0.4) is 0 Å². The van der Waals surface area contributed by atoms with Gasteiger partial charge >= 0.3 is 6.18 Å². The van der Waals surface area contributed by atoms with E-state index >= 15 is 0 Å². The van der Waals surface area contributed by atoms with Crippen molar-refractivity contribution in [3.63, 3.8) is 0 Å². The highest BCUT2D eigenvalue weighted by Crippen LogP contribution is 2.37. The van der Waals surface area contributed by atoms with Gasteiger partial charge in [0.25, 0.3) is 10.0 Å². The topological polar surface area (TPSA) is 86.8 Å². The van der Waals surface area contributed by atoms with Crippen molar-refractivity contribution in [1.82, 2.24) is 10.2 Å². The molecule has 0 heterocycles. The lowest BCUT2D eigenvalue weighted by molar-refractivity contribution is -0.140. The maximum atomic E-state index is 14.6. The first-order chi connectivity index (χ1) is 22.7. The second kappa shape index (κ2) is 15.7. The maximum absolute atomic E-state index is 14.6. The average molecular weight is 700 g/mol. The SMILES string of the molecule is CCC(C)NC(=O)C(Cc1ccccc1)N(Cc1cccc(C)c1)C(=O)CN(c1cc(C(F)(F)F)ccc1Cl)S(=O)(=O)c1ccccc1. The van der Waals surface area contributed by atoms with Crippen molar-refractivity contribution in [3.05, 3.63) is 130 Å². The van der Waals surface area contributed by atoms with Crippen LogP contribution in [0.5, 0.6) is 0 Å². The number of hydrogen-bond donors (Lipinski definition) is 1. The Labute approximate surface area is 284 Å². The first-order valence-corrected chi connectivity index (χ1v) is 17.2. The minimum absolute atomic E-state index is 0.0819. The van der Waals surface area contributed by atoms with E-state index in [1.165, 1.54) is 29.2 Å². The number of anilines is 1. The normalized spacial score (nSPS) is 13.0. The molecule has 0 spiro atoms. The van der Waals surface area contributed by atoms with Crippen LogP contribution >= 0.6 is 11.6 Å². The van der Waals surface area contributed by atoms with Gasteiger partial charge in [0.2, 0.25) is 11.8 Å². The summed E-state index contributed by atoms with van der Waals surface area (Å²) in [7, 11) is -4.64. The molecule has 0 saturated carbocycles. The van der Waals surface area contributed by atoms with E-state index < -0.39 is 51.9 Å². The number of aryl methyl sites for hydroxylation is 1. The highest BCUT2D eigenvalue weighted by molar-refractivity contribution is 7.92. The van der Waals surface area contributed by atoms with E-state index in [0.29, 0.717) is 22.4 Å². The summed E-state index contributed by atoms with van der Waals surface area (Å²) in [5.41, 5.74) is 0.649. The number of carbonyl (C=O) groups is 2. The fraction of sp³-hybridized carbons (Fsp3) is 0.278. The van der Waals surface area contributed by atoms with Crippen LogP contribution in [0.4, 0.5) is 18.9 Å². The van der Waals surface area contributed by atoms with Gasteiger partial charge in [0.15, 0.2) is 0 Å². The molecule has 254 valence electrons. The van der Waals surface area contributed by atoms with Crippen LogP contribution in [-0.2, 0) is 38.8 Å². The fourth-order valence-electron chi connectivity index (χ4n) is 5.12. The molecule has 0 radical (unpaired) electrons. The zero-order valence-electron chi connectivity index (χ0n) is 26.7. The summed E-state index contributed by atoms with van der Waals surface area (Å²) in [6.07, 6.45) is -4.11. The van der Waals surface area contributed by atoms with Crippen molar-refractivity contribution in [2.45, 2.75) is 63.3 Å². The second-order valence-electron chi connectivity index (χ2n) is 11.5. The molecule has 0 saturated heterocycles. The lowest BCUT2D eigenvalue weighted by Crippen LogP contribution is -2.54. The number of amides is 2. The lowest BCUT2D eigenvalue weighted by Gasteiger charge is -2.34. The Kier molecular flexibility index (Phi) is 11.9. The summed E-state index contributed by atoms with van der Waals surface area (Å²) in [6, 6.07) is 24.3. The number of benzene rings is 4. The third-order valence-electron chi connectivity index (χ3n) is 7.86. The maximum Gasteiger partial charge on any atom is 0.416 e. The number of nitrogens with one attached hydrogen (secondary N) is 1. The molecule has 4 aromatic rings. The Morgan fingerprint density at radius 2 is 1.50 bits per heavy atom. The number of alkyl halides is 3. The summed E-state index contributed by atoms with van der Waals surface area (Å²) < 4.78 is 70.4. The molecular formula is C36H37ClF3N3O4S. The third kappa shape index (κ3) is 9.17. The highest BCUT2D eigenvalue weighted by atomic mass is 35.5. The van der Waals surface area contributed by atoms with Gasteiger partial charge in [-0.25, -0.2) is 8.42 Å². The van der Waals surface area contributed by atoms with Gasteiger partial charge in [-0.05, 0) is 61.7 Å². The van der Waals surface area contributed by atoms with Gasteiger partial charge in [0.05, 0.1) is 21.2 Å². The number of carbonyl (C=O) groups excluding carboxylic acids is 2. The van der Waals surface area contributed by atoms with Crippen molar-refractivity contribution in [3.8, 4) is 0 Å². The molecule has 0 aliphatic heterocycles. The molecule has 7 nitrogen and oxygen atoms in total. The largest absolute Gasteiger partial charge is 0.416 e. The molecule has 0 aliphatic rings. The zero-order valence-corrected chi connectivity index (χ0v) is 28.3. The highest BCUT2D eigenvalue weighted by Gasteiger charge is 2.37. The number of sulfonamides is 1. The number of rotatable bonds is 13. The third-order valence-corrected chi connectivity index (χ3v) is 9.95. The van der Waals surface area contributed by atoms with Crippen LogP contribution in [0.1, 0.15) is 42.5 Å². The molecule has 2 unspecified atom stereocenters. The summed E-state index contributed by atoms with van der Waals surface area (Å²) in [4.78, 5) is 29.5. The molecule has 0 bridgehead atoms. The van der Waals surface area contributed by atoms with Crippen LogP contribution in [0.2, 0.25) is 5.02 Å². The minimum Gasteiger partial charge on any atom is -0.352 e. The van der Waals surface area contributed by atoms with Crippen LogP contribution in [0.15, 0.2) is 108 Å². The Balaban J connectivity index is 1.87. The average Bonchev–Trinajstić information content (AvgIpc) is 3.05. The van der Waals surface area contributed by atoms with Gasteiger partial charge < -0.3 is 10.2 Å². The van der Waals surface area contributed by atoms with E-state index in [1.807, 2.05) is 51.1 Å². The van der Waals surface area contributed by atoms with Crippen LogP contribution in [-0.4, -0.2) is 43.8 Å². The monoisotopic (exact) mass is 699 g/mol. The number of halogens is 4. The Morgan fingerprint density at radius 1 is 0.875 bits per heavy atom. The molecular weight excluding hydrogens is 663 g/mol. The Morgan fingerprint density at radius 3 is 2.10 bits per heavy atom. The standard InChI is InChI=1S/C36H37ClF3N3O4S/c1-4-26(3)41-35(45)33(21-27-13-7-5-8-14-27)42(23-28-15-11-12-25(2)20-28)34(44)24-43(48(46,47)30-16-9-6-10-17-30)32-22-29(36(38,39)40)18-19-31(32)37/h5-20,22,26,33H,4,21,23-24H2,1-3H3,(H,41,45). The second-order valence-corrected chi connectivity index (χ2v) is 13.8. The van der Waals surface area contributed by atoms with E-state index in [4.69, 9.17) is 11.6 Å². The quantitative estimate of drug-likeness (QED) is 0.157. The lowest BCUT2D eigenvalue weighted by atomic mass is 10.0. The minimum atomic E-state index is -4.82. The summed E-state index contributed by atoms with van der Waals surface area (Å²) in [5.74, 6) is -1.27. The molecule has 2 atom stereocenters. The van der Waals surface area contributed by atoms with Crippen molar-refractivity contribution in [2.24, 2.45) is 0 Å². The molecule has 48 heavy (non-hydrogen) atoms. The van der Waals surface area contributed by atoms with Crippen LogP contribution < -0.4 is 9.62 Å². The number of hydrogen-bond acceptors (Lipinski definition) is 4. The predicted molar refractivity (Wildman–Crippen MR) is 181 cm³/mol. The summed E-state index contributed by atoms with van der Waals surface area (Å²) in [6.45, 7) is 4.58. The molecule has 2 amide bonds. The van der Waals surface area contributed by atoms with E-state index in [1.54, 1.807) is 30.3 Å². The van der Waals surface area contributed by atoms with E-state index in [2.05, 4.69) is 5.32 Å². The van der Waals surface area contributed by atoms with Crippen molar-refractivity contribution < 1.29 is 31.2 Å². The predicted octanol–water partition coefficient (Wildman–Crippen LogP) is 7.42. The molecule has 4 rings (SSSR count). The van der Waals surface area contributed by atoms with Gasteiger partial charge in [-0.1, -0.05) is 96.9 Å². The Hall–Kier alpha value is -4.35. The molecule has 0 aliphatic carbocycles. The summed E-state index contributed by atoms with van der Waals surface area (Å²) >= 11 is 6.38. The smallest absolute Gasteiger partial charge is 0.352 e. The van der Waals surface area contributed by atoms with Gasteiger partial charge in [-0.3, -0.25) is 13.9 Å². The van der Waals surface area contributed by atoms with E-state index in [-0.39, 0.29) is 28.9 Å². The van der Waals surface area contributed by atoms with Crippen LogP contribution in [0, 0.1) is 6.92 Å². The summed E-state index contributed by atoms with van der Waals surface area (Å²) in [5, 5.41) is 2.64. The van der Waals surface area contributed by atoms with Crippen molar-refractivity contribution in [2.75, 3.05) is 10.8 Å². The zero-order chi connectivity index (χ0) is 35.1. The first kappa shape index (κ1) is 36.5. The molecule has 1 N–H and O–H groups in total. The van der Waals surface area contributed by atoms with Crippen LogP contribution in [0.25, 0.3) is 0 Å². The van der Waals surface area contributed by atoms with Gasteiger partial charge in [0, 0.05) is 19.0 Å².